The maximum atomic E-state index is 10.8. The molecule has 0 saturated heterocycles. The predicted molar refractivity (Wildman–Crippen MR) is 67.3 cm³/mol. The Hall–Kier alpha value is -0.830. The van der Waals surface area contributed by atoms with Gasteiger partial charge < -0.3 is 4.52 Å². The summed E-state index contributed by atoms with van der Waals surface area (Å²) < 4.78 is 15.4. The molecular formula is C12H19O4P. The highest BCUT2D eigenvalue weighted by molar-refractivity contribution is 7.46. The Morgan fingerprint density at radius 3 is 2.00 bits per heavy atom. The molecule has 0 fully saturated rings. The minimum absolute atomic E-state index is 0.214. The average Bonchev–Trinajstić information content (AvgIpc) is 2.14. The standard InChI is InChI=1S/C12H19O4P/c1-8(2)11-6-5-10(16-17(13,14)15)7-12(11)9(3)4/h5-9H,1-4H3,(H2,13,14,15). The van der Waals surface area contributed by atoms with E-state index in [0.29, 0.717) is 5.92 Å². The summed E-state index contributed by atoms with van der Waals surface area (Å²) in [5.74, 6) is 0.871. The summed E-state index contributed by atoms with van der Waals surface area (Å²) in [7, 11) is -4.48. The molecule has 0 aliphatic carbocycles. The van der Waals surface area contributed by atoms with Gasteiger partial charge in [-0.1, -0.05) is 33.8 Å². The van der Waals surface area contributed by atoms with E-state index in [2.05, 4.69) is 18.4 Å². The molecule has 0 heterocycles. The topological polar surface area (TPSA) is 66.8 Å². The van der Waals surface area contributed by atoms with Gasteiger partial charge in [-0.2, -0.15) is 0 Å². The Morgan fingerprint density at radius 2 is 1.59 bits per heavy atom. The number of phosphoric ester groups is 1. The first-order chi connectivity index (χ1) is 7.70. The number of benzene rings is 1. The predicted octanol–water partition coefficient (Wildman–Crippen LogP) is 3.40. The van der Waals surface area contributed by atoms with Gasteiger partial charge in [0.25, 0.3) is 0 Å². The van der Waals surface area contributed by atoms with E-state index in [-0.39, 0.29) is 11.7 Å². The maximum Gasteiger partial charge on any atom is 0.524 e. The molecule has 1 aromatic carbocycles. The lowest BCUT2D eigenvalue weighted by Crippen LogP contribution is -2.00. The van der Waals surface area contributed by atoms with Crippen molar-refractivity contribution in [3.8, 4) is 5.75 Å². The van der Waals surface area contributed by atoms with Crippen LogP contribution in [0.15, 0.2) is 18.2 Å². The molecule has 0 spiro atoms. The van der Waals surface area contributed by atoms with Crippen LogP contribution in [0.25, 0.3) is 0 Å². The molecule has 17 heavy (non-hydrogen) atoms. The normalized spacial score (nSPS) is 12.2. The maximum absolute atomic E-state index is 10.8. The van der Waals surface area contributed by atoms with Crippen molar-refractivity contribution in [2.24, 2.45) is 0 Å². The molecule has 0 aliphatic heterocycles. The average molecular weight is 258 g/mol. The van der Waals surface area contributed by atoms with Crippen molar-refractivity contribution in [3.05, 3.63) is 29.3 Å². The van der Waals surface area contributed by atoms with Gasteiger partial charge in [0.15, 0.2) is 0 Å². The molecule has 96 valence electrons. The van der Waals surface area contributed by atoms with Crippen LogP contribution in [-0.2, 0) is 4.57 Å². The largest absolute Gasteiger partial charge is 0.524 e. The fourth-order valence-corrected chi connectivity index (χ4v) is 2.16. The second-order valence-electron chi connectivity index (χ2n) is 4.68. The van der Waals surface area contributed by atoms with E-state index in [4.69, 9.17) is 9.79 Å². The van der Waals surface area contributed by atoms with Crippen molar-refractivity contribution in [3.63, 3.8) is 0 Å². The fourth-order valence-electron chi connectivity index (χ4n) is 1.77. The van der Waals surface area contributed by atoms with Gasteiger partial charge in [0, 0.05) is 0 Å². The minimum Gasteiger partial charge on any atom is -0.404 e. The highest BCUT2D eigenvalue weighted by Crippen LogP contribution is 2.39. The van der Waals surface area contributed by atoms with Gasteiger partial charge in [0.2, 0.25) is 0 Å². The van der Waals surface area contributed by atoms with Gasteiger partial charge in [0.1, 0.15) is 5.75 Å². The van der Waals surface area contributed by atoms with Gasteiger partial charge in [-0.25, -0.2) is 4.57 Å². The highest BCUT2D eigenvalue weighted by atomic mass is 31.2. The van der Waals surface area contributed by atoms with Crippen LogP contribution < -0.4 is 4.52 Å². The molecule has 5 heteroatoms. The van der Waals surface area contributed by atoms with Crippen LogP contribution in [0.1, 0.15) is 50.7 Å². The van der Waals surface area contributed by atoms with E-state index in [0.717, 1.165) is 5.56 Å². The molecule has 1 aromatic rings. The van der Waals surface area contributed by atoms with Gasteiger partial charge in [-0.15, -0.1) is 0 Å². The summed E-state index contributed by atoms with van der Waals surface area (Å²) >= 11 is 0. The summed E-state index contributed by atoms with van der Waals surface area (Å²) in [6.45, 7) is 8.26. The zero-order valence-electron chi connectivity index (χ0n) is 10.5. The van der Waals surface area contributed by atoms with E-state index in [1.807, 2.05) is 19.9 Å². The molecule has 1 rings (SSSR count). The Balaban J connectivity index is 3.14. The number of hydrogen-bond donors (Lipinski definition) is 2. The van der Waals surface area contributed by atoms with Crippen molar-refractivity contribution in [1.29, 1.82) is 0 Å². The Labute approximate surface area is 102 Å². The Kier molecular flexibility index (Phi) is 4.36. The van der Waals surface area contributed by atoms with Crippen molar-refractivity contribution < 1.29 is 18.9 Å². The Bertz CT molecular complexity index is 434. The third-order valence-corrected chi connectivity index (χ3v) is 2.98. The van der Waals surface area contributed by atoms with Crippen LogP contribution in [0.4, 0.5) is 0 Å². The van der Waals surface area contributed by atoms with Crippen LogP contribution in [0, 0.1) is 0 Å². The van der Waals surface area contributed by atoms with E-state index in [1.54, 1.807) is 12.1 Å². The summed E-state index contributed by atoms with van der Waals surface area (Å²) in [5, 5.41) is 0. The zero-order chi connectivity index (χ0) is 13.2. The lowest BCUT2D eigenvalue weighted by Gasteiger charge is -2.17. The monoisotopic (exact) mass is 258 g/mol. The van der Waals surface area contributed by atoms with Crippen molar-refractivity contribution in [2.45, 2.75) is 39.5 Å². The molecule has 0 aliphatic rings. The molecule has 0 atom stereocenters. The van der Waals surface area contributed by atoms with Crippen LogP contribution in [0.3, 0.4) is 0 Å². The molecule has 0 radical (unpaired) electrons. The fraction of sp³-hybridized carbons (Fsp3) is 0.500. The molecule has 4 nitrogen and oxygen atoms in total. The first kappa shape index (κ1) is 14.2. The third-order valence-electron chi connectivity index (χ3n) is 2.53. The van der Waals surface area contributed by atoms with Crippen molar-refractivity contribution in [1.82, 2.24) is 0 Å². The Morgan fingerprint density at radius 1 is 1.06 bits per heavy atom. The quantitative estimate of drug-likeness (QED) is 0.812. The number of hydrogen-bond acceptors (Lipinski definition) is 2. The summed E-state index contributed by atoms with van der Waals surface area (Å²) in [6, 6.07) is 5.17. The molecule has 0 aromatic heterocycles. The van der Waals surface area contributed by atoms with E-state index >= 15 is 0 Å². The summed E-state index contributed by atoms with van der Waals surface area (Å²) in [6.07, 6.45) is 0. The molecule has 0 bridgehead atoms. The third kappa shape index (κ3) is 4.15. The van der Waals surface area contributed by atoms with Gasteiger partial charge >= 0.3 is 7.82 Å². The lowest BCUT2D eigenvalue weighted by molar-refractivity contribution is 0.283. The zero-order valence-corrected chi connectivity index (χ0v) is 11.4. The van der Waals surface area contributed by atoms with Gasteiger partial charge in [-0.05, 0) is 35.1 Å². The van der Waals surface area contributed by atoms with Crippen molar-refractivity contribution >= 4 is 7.82 Å². The number of phosphoric acid groups is 1. The van der Waals surface area contributed by atoms with Crippen LogP contribution in [-0.4, -0.2) is 9.79 Å². The highest BCUT2D eigenvalue weighted by Gasteiger charge is 2.18. The van der Waals surface area contributed by atoms with E-state index in [9.17, 15) is 4.57 Å². The molecule has 0 saturated carbocycles. The van der Waals surface area contributed by atoms with E-state index < -0.39 is 7.82 Å². The van der Waals surface area contributed by atoms with Crippen LogP contribution in [0.5, 0.6) is 5.75 Å². The molecule has 2 N–H and O–H groups in total. The van der Waals surface area contributed by atoms with Crippen LogP contribution in [0.2, 0.25) is 0 Å². The van der Waals surface area contributed by atoms with Crippen LogP contribution >= 0.6 is 7.82 Å². The number of rotatable bonds is 4. The van der Waals surface area contributed by atoms with E-state index in [1.165, 1.54) is 5.56 Å². The minimum atomic E-state index is -4.48. The second-order valence-corrected chi connectivity index (χ2v) is 5.85. The smallest absolute Gasteiger partial charge is 0.404 e. The first-order valence-electron chi connectivity index (χ1n) is 5.59. The molecular weight excluding hydrogens is 239 g/mol. The lowest BCUT2D eigenvalue weighted by atomic mass is 9.90. The SMILES string of the molecule is CC(C)c1ccc(OP(=O)(O)O)cc1C(C)C. The van der Waals surface area contributed by atoms with Crippen molar-refractivity contribution in [2.75, 3.05) is 0 Å². The van der Waals surface area contributed by atoms with Gasteiger partial charge in [-0.3, -0.25) is 9.79 Å². The molecule has 0 amide bonds. The summed E-state index contributed by atoms with van der Waals surface area (Å²) in [5.41, 5.74) is 2.24. The summed E-state index contributed by atoms with van der Waals surface area (Å²) in [4.78, 5) is 17.5. The van der Waals surface area contributed by atoms with Gasteiger partial charge in [0.05, 0.1) is 0 Å². The molecule has 0 unspecified atom stereocenters. The second kappa shape index (κ2) is 5.21. The first-order valence-corrected chi connectivity index (χ1v) is 7.12.